The fourth-order valence-corrected chi connectivity index (χ4v) is 4.18. The maximum atomic E-state index is 12.5. The molecular formula is C21H32N2O2. The molecule has 0 atom stereocenters. The topological polar surface area (TPSA) is 43.8 Å². The summed E-state index contributed by atoms with van der Waals surface area (Å²) < 4.78 is 0. The molecule has 2 heterocycles. The van der Waals surface area contributed by atoms with E-state index in [-0.39, 0.29) is 17.9 Å². The molecule has 2 saturated heterocycles. The number of carbonyl (C=O) groups excluding carboxylic acids is 1. The molecule has 2 aliphatic rings. The maximum Gasteiger partial charge on any atom is 0.222 e. The number of benzene rings is 1. The zero-order valence-electron chi connectivity index (χ0n) is 15.5. The predicted molar refractivity (Wildman–Crippen MR) is 101 cm³/mol. The van der Waals surface area contributed by atoms with Crippen LogP contribution in [0, 0.1) is 12.3 Å². The molecule has 0 aliphatic carbocycles. The number of aryl methyl sites for hydroxylation is 2. The Hall–Kier alpha value is -1.39. The van der Waals surface area contributed by atoms with E-state index in [0.717, 1.165) is 38.9 Å². The van der Waals surface area contributed by atoms with Crippen molar-refractivity contribution in [3.8, 4) is 0 Å². The molecule has 2 fully saturated rings. The zero-order valence-corrected chi connectivity index (χ0v) is 15.5. The molecule has 0 bridgehead atoms. The van der Waals surface area contributed by atoms with Crippen LogP contribution in [0.2, 0.25) is 0 Å². The van der Waals surface area contributed by atoms with Crippen LogP contribution in [0.1, 0.15) is 43.2 Å². The summed E-state index contributed by atoms with van der Waals surface area (Å²) in [6, 6.07) is 8.45. The molecule has 0 saturated carbocycles. The van der Waals surface area contributed by atoms with Gasteiger partial charge in [-0.25, -0.2) is 0 Å². The first kappa shape index (κ1) is 18.4. The standard InChI is InChI=1S/C21H32N2O2/c1-18-4-6-19(7-5-18)8-9-20(25)23-14-10-21(17-24,11-15-23)16-22-12-2-3-13-22/h4-7,24H,2-3,8-17H2,1H3. The number of aliphatic hydroxyl groups excluding tert-OH is 1. The summed E-state index contributed by atoms with van der Waals surface area (Å²) in [6.45, 7) is 7.24. The lowest BCUT2D eigenvalue weighted by Gasteiger charge is -2.42. The van der Waals surface area contributed by atoms with Gasteiger partial charge in [-0.3, -0.25) is 4.79 Å². The summed E-state index contributed by atoms with van der Waals surface area (Å²) in [4.78, 5) is 17.0. The molecule has 0 unspecified atom stereocenters. The van der Waals surface area contributed by atoms with Crippen LogP contribution < -0.4 is 0 Å². The molecule has 0 spiro atoms. The number of rotatable bonds is 6. The Kier molecular flexibility index (Phi) is 6.13. The smallest absolute Gasteiger partial charge is 0.222 e. The van der Waals surface area contributed by atoms with E-state index in [1.54, 1.807) is 0 Å². The average molecular weight is 344 g/mol. The van der Waals surface area contributed by atoms with Crippen molar-refractivity contribution in [3.05, 3.63) is 35.4 Å². The van der Waals surface area contributed by atoms with Crippen molar-refractivity contribution in [1.29, 1.82) is 0 Å². The van der Waals surface area contributed by atoms with Crippen LogP contribution in [0.15, 0.2) is 24.3 Å². The van der Waals surface area contributed by atoms with E-state index in [2.05, 4.69) is 36.1 Å². The number of nitrogens with zero attached hydrogens (tertiary/aromatic N) is 2. The number of hydrogen-bond donors (Lipinski definition) is 1. The lowest BCUT2D eigenvalue weighted by atomic mass is 9.78. The predicted octanol–water partition coefficient (Wildman–Crippen LogP) is 2.62. The van der Waals surface area contributed by atoms with Crippen LogP contribution in [0.3, 0.4) is 0 Å². The first-order chi connectivity index (χ1) is 12.1. The zero-order chi connectivity index (χ0) is 17.7. The highest BCUT2D eigenvalue weighted by Crippen LogP contribution is 2.33. The third-order valence-corrected chi connectivity index (χ3v) is 6.02. The van der Waals surface area contributed by atoms with Gasteiger partial charge in [0.25, 0.3) is 0 Å². The second-order valence-corrected chi connectivity index (χ2v) is 8.01. The summed E-state index contributed by atoms with van der Waals surface area (Å²) in [5.74, 6) is 0.258. The van der Waals surface area contributed by atoms with E-state index in [9.17, 15) is 9.90 Å². The van der Waals surface area contributed by atoms with Gasteiger partial charge in [0.2, 0.25) is 5.91 Å². The second kappa shape index (κ2) is 8.33. The van der Waals surface area contributed by atoms with E-state index in [4.69, 9.17) is 0 Å². The van der Waals surface area contributed by atoms with Gasteiger partial charge in [-0.05, 0) is 57.7 Å². The molecule has 0 radical (unpaired) electrons. The van der Waals surface area contributed by atoms with E-state index < -0.39 is 0 Å². The average Bonchev–Trinajstić information content (AvgIpc) is 3.14. The Bertz CT molecular complexity index is 556. The monoisotopic (exact) mass is 344 g/mol. The van der Waals surface area contributed by atoms with Gasteiger partial charge >= 0.3 is 0 Å². The normalized spacial score (nSPS) is 20.8. The molecule has 138 valence electrons. The SMILES string of the molecule is Cc1ccc(CCC(=O)N2CCC(CO)(CN3CCCC3)CC2)cc1. The molecule has 25 heavy (non-hydrogen) atoms. The van der Waals surface area contributed by atoms with Gasteiger partial charge in [-0.15, -0.1) is 0 Å². The highest BCUT2D eigenvalue weighted by Gasteiger charge is 2.37. The summed E-state index contributed by atoms with van der Waals surface area (Å²) in [5, 5.41) is 9.97. The van der Waals surface area contributed by atoms with Crippen molar-refractivity contribution in [2.45, 2.75) is 45.4 Å². The van der Waals surface area contributed by atoms with E-state index in [1.165, 1.54) is 37.1 Å². The maximum absolute atomic E-state index is 12.5. The molecule has 1 aromatic rings. The number of aliphatic hydroxyl groups is 1. The largest absolute Gasteiger partial charge is 0.396 e. The highest BCUT2D eigenvalue weighted by molar-refractivity contribution is 5.76. The number of hydrogen-bond acceptors (Lipinski definition) is 3. The van der Waals surface area contributed by atoms with E-state index in [1.807, 2.05) is 4.90 Å². The molecule has 3 rings (SSSR count). The Labute approximate surface area is 151 Å². The highest BCUT2D eigenvalue weighted by atomic mass is 16.3. The van der Waals surface area contributed by atoms with Crippen molar-refractivity contribution in [1.82, 2.24) is 9.80 Å². The second-order valence-electron chi connectivity index (χ2n) is 8.01. The molecule has 1 aromatic carbocycles. The summed E-state index contributed by atoms with van der Waals surface area (Å²) in [6.07, 6.45) is 5.82. The lowest BCUT2D eigenvalue weighted by molar-refractivity contribution is -0.134. The van der Waals surface area contributed by atoms with Crippen LogP contribution in [0.5, 0.6) is 0 Å². The first-order valence-electron chi connectivity index (χ1n) is 9.77. The third kappa shape index (κ3) is 4.83. The van der Waals surface area contributed by atoms with Gasteiger partial charge in [0.05, 0.1) is 6.61 Å². The molecule has 1 N–H and O–H groups in total. The molecular weight excluding hydrogens is 312 g/mol. The van der Waals surface area contributed by atoms with E-state index in [0.29, 0.717) is 6.42 Å². The Morgan fingerprint density at radius 1 is 1.08 bits per heavy atom. The van der Waals surface area contributed by atoms with Gasteiger partial charge in [-0.1, -0.05) is 29.8 Å². The van der Waals surface area contributed by atoms with Gasteiger partial charge < -0.3 is 14.9 Å². The van der Waals surface area contributed by atoms with Crippen molar-refractivity contribution < 1.29 is 9.90 Å². The quantitative estimate of drug-likeness (QED) is 0.863. The minimum Gasteiger partial charge on any atom is -0.396 e. The molecule has 0 aromatic heterocycles. The van der Waals surface area contributed by atoms with Crippen LogP contribution >= 0.6 is 0 Å². The van der Waals surface area contributed by atoms with Crippen LogP contribution in [-0.4, -0.2) is 60.1 Å². The molecule has 1 amide bonds. The van der Waals surface area contributed by atoms with Crippen LogP contribution in [0.25, 0.3) is 0 Å². The van der Waals surface area contributed by atoms with Crippen molar-refractivity contribution in [3.63, 3.8) is 0 Å². The third-order valence-electron chi connectivity index (χ3n) is 6.02. The minimum atomic E-state index is -0.00191. The van der Waals surface area contributed by atoms with Crippen LogP contribution in [0.4, 0.5) is 0 Å². The number of piperidine rings is 1. The van der Waals surface area contributed by atoms with Crippen molar-refractivity contribution in [2.24, 2.45) is 5.41 Å². The summed E-state index contributed by atoms with van der Waals surface area (Å²) in [5.41, 5.74) is 2.48. The summed E-state index contributed by atoms with van der Waals surface area (Å²) in [7, 11) is 0. The molecule has 4 nitrogen and oxygen atoms in total. The first-order valence-corrected chi connectivity index (χ1v) is 9.77. The Morgan fingerprint density at radius 3 is 2.32 bits per heavy atom. The summed E-state index contributed by atoms with van der Waals surface area (Å²) >= 11 is 0. The number of carbonyl (C=O) groups is 1. The lowest BCUT2D eigenvalue weighted by Crippen LogP contribution is -2.49. The van der Waals surface area contributed by atoms with Gasteiger partial charge in [-0.2, -0.15) is 0 Å². The molecule has 2 aliphatic heterocycles. The number of amides is 1. The van der Waals surface area contributed by atoms with Gasteiger partial charge in [0.15, 0.2) is 0 Å². The Balaban J connectivity index is 1.46. The minimum absolute atomic E-state index is 0.00191. The van der Waals surface area contributed by atoms with Gasteiger partial charge in [0, 0.05) is 31.5 Å². The van der Waals surface area contributed by atoms with Crippen molar-refractivity contribution >= 4 is 5.91 Å². The van der Waals surface area contributed by atoms with E-state index >= 15 is 0 Å². The fourth-order valence-electron chi connectivity index (χ4n) is 4.18. The fraction of sp³-hybridized carbons (Fsp3) is 0.667. The van der Waals surface area contributed by atoms with Crippen LogP contribution in [-0.2, 0) is 11.2 Å². The Morgan fingerprint density at radius 2 is 1.72 bits per heavy atom. The number of likely N-dealkylation sites (tertiary alicyclic amines) is 2. The van der Waals surface area contributed by atoms with Crippen molar-refractivity contribution in [2.75, 3.05) is 39.3 Å². The van der Waals surface area contributed by atoms with Gasteiger partial charge in [0.1, 0.15) is 0 Å². The molecule has 4 heteroatoms.